The van der Waals surface area contributed by atoms with E-state index < -0.39 is 5.79 Å². The molecule has 0 bridgehead atoms. The van der Waals surface area contributed by atoms with Crippen LogP contribution in [0.5, 0.6) is 0 Å². The van der Waals surface area contributed by atoms with Crippen LogP contribution in [0.2, 0.25) is 0 Å². The Bertz CT molecular complexity index is 478. The van der Waals surface area contributed by atoms with Crippen LogP contribution < -0.4 is 5.73 Å². The summed E-state index contributed by atoms with van der Waals surface area (Å²) in [6, 6.07) is 10.0. The van der Waals surface area contributed by atoms with Gasteiger partial charge in [0.2, 0.25) is 5.79 Å². The van der Waals surface area contributed by atoms with Gasteiger partial charge >= 0.3 is 0 Å². The molecule has 2 N–H and O–H groups in total. The molecule has 1 atom stereocenters. The summed E-state index contributed by atoms with van der Waals surface area (Å²) in [6.07, 6.45) is 7.70. The molecule has 0 aromatic heterocycles. The molecule has 1 saturated heterocycles. The molecule has 4 nitrogen and oxygen atoms in total. The average molecular weight is 258 g/mol. The first kappa shape index (κ1) is 12.4. The van der Waals surface area contributed by atoms with E-state index in [2.05, 4.69) is 0 Å². The number of nitrogens with two attached hydrogens (primary N) is 1. The van der Waals surface area contributed by atoms with E-state index in [0.29, 0.717) is 19.8 Å². The number of allylic oxidation sites excluding steroid dienone is 2. The van der Waals surface area contributed by atoms with Gasteiger partial charge in [-0.05, 0) is 12.2 Å². The molecule has 4 heteroatoms. The highest BCUT2D eigenvalue weighted by atomic mass is 16.7. The highest BCUT2D eigenvalue weighted by Gasteiger charge is 2.40. The predicted molar refractivity (Wildman–Crippen MR) is 73.0 cm³/mol. The predicted octanol–water partition coefficient (Wildman–Crippen LogP) is 1.56. The molecular formula is C15H18N2O2. The molecule has 0 spiro atoms. The molecule has 1 aromatic rings. The van der Waals surface area contributed by atoms with Gasteiger partial charge < -0.3 is 20.1 Å². The molecule has 19 heavy (non-hydrogen) atoms. The topological polar surface area (TPSA) is 47.7 Å². The summed E-state index contributed by atoms with van der Waals surface area (Å²) < 4.78 is 11.8. The maximum Gasteiger partial charge on any atom is 0.213 e. The maximum atomic E-state index is 6.07. The van der Waals surface area contributed by atoms with E-state index in [-0.39, 0.29) is 6.17 Å². The second-order valence-electron chi connectivity index (χ2n) is 4.71. The van der Waals surface area contributed by atoms with E-state index >= 15 is 0 Å². The van der Waals surface area contributed by atoms with Gasteiger partial charge in [0.25, 0.3) is 0 Å². The lowest BCUT2D eigenvalue weighted by molar-refractivity contribution is -0.176. The fourth-order valence-electron chi connectivity index (χ4n) is 2.44. The van der Waals surface area contributed by atoms with Crippen LogP contribution in [0.3, 0.4) is 0 Å². The van der Waals surface area contributed by atoms with Crippen molar-refractivity contribution in [2.45, 2.75) is 12.0 Å². The highest BCUT2D eigenvalue weighted by Crippen LogP contribution is 2.33. The molecular weight excluding hydrogens is 240 g/mol. The Morgan fingerprint density at radius 2 is 1.89 bits per heavy atom. The molecule has 0 saturated carbocycles. The van der Waals surface area contributed by atoms with Gasteiger partial charge in [-0.3, -0.25) is 0 Å². The summed E-state index contributed by atoms with van der Waals surface area (Å²) in [5.74, 6) is -0.714. The monoisotopic (exact) mass is 258 g/mol. The van der Waals surface area contributed by atoms with Crippen LogP contribution in [-0.4, -0.2) is 30.8 Å². The van der Waals surface area contributed by atoms with Crippen LogP contribution in [0.25, 0.3) is 0 Å². The first-order chi connectivity index (χ1) is 9.30. The third kappa shape index (κ3) is 2.42. The molecule has 2 heterocycles. The molecule has 1 aromatic carbocycles. The van der Waals surface area contributed by atoms with Gasteiger partial charge in [0.15, 0.2) is 0 Å². The standard InChI is InChI=1S/C15H18N2O2/c16-14-8-4-5-9-17(14)12-15(18-10-11-19-15)13-6-2-1-3-7-13/h1-9,14H,10-12,16H2. The smallest absolute Gasteiger partial charge is 0.213 e. The summed E-state index contributed by atoms with van der Waals surface area (Å²) in [5, 5.41) is 0. The zero-order valence-electron chi connectivity index (χ0n) is 10.7. The normalized spacial score (nSPS) is 24.9. The summed E-state index contributed by atoms with van der Waals surface area (Å²) >= 11 is 0. The number of rotatable bonds is 3. The van der Waals surface area contributed by atoms with Gasteiger partial charge in [0.1, 0.15) is 0 Å². The first-order valence-corrected chi connectivity index (χ1v) is 6.50. The molecule has 0 radical (unpaired) electrons. The molecule has 0 amide bonds. The van der Waals surface area contributed by atoms with Crippen molar-refractivity contribution in [1.82, 2.24) is 4.90 Å². The number of hydrogen-bond donors (Lipinski definition) is 1. The van der Waals surface area contributed by atoms with E-state index in [1.54, 1.807) is 0 Å². The van der Waals surface area contributed by atoms with Crippen molar-refractivity contribution in [2.75, 3.05) is 19.8 Å². The lowest BCUT2D eigenvalue weighted by Crippen LogP contribution is -2.47. The van der Waals surface area contributed by atoms with Gasteiger partial charge in [-0.25, -0.2) is 0 Å². The number of ether oxygens (including phenoxy) is 2. The summed E-state index contributed by atoms with van der Waals surface area (Å²) in [4.78, 5) is 2.03. The number of nitrogens with zero attached hydrogens (tertiary/aromatic N) is 1. The maximum absolute atomic E-state index is 6.07. The molecule has 2 aliphatic rings. The first-order valence-electron chi connectivity index (χ1n) is 6.50. The molecule has 1 fully saturated rings. The Balaban J connectivity index is 1.85. The Hall–Kier alpha value is -1.62. The van der Waals surface area contributed by atoms with Gasteiger partial charge in [0.05, 0.1) is 25.9 Å². The number of hydrogen-bond acceptors (Lipinski definition) is 4. The molecule has 2 aliphatic heterocycles. The lowest BCUT2D eigenvalue weighted by atomic mass is 10.0. The van der Waals surface area contributed by atoms with E-state index in [9.17, 15) is 0 Å². The van der Waals surface area contributed by atoms with E-state index in [1.807, 2.05) is 59.7 Å². The minimum absolute atomic E-state index is 0.140. The number of benzene rings is 1. The van der Waals surface area contributed by atoms with Crippen LogP contribution >= 0.6 is 0 Å². The van der Waals surface area contributed by atoms with Crippen molar-refractivity contribution in [3.63, 3.8) is 0 Å². The van der Waals surface area contributed by atoms with Gasteiger partial charge in [-0.15, -0.1) is 0 Å². The SMILES string of the molecule is NC1C=CC=CN1CC1(c2ccccc2)OCCO1. The zero-order chi connectivity index (χ0) is 13.1. The average Bonchev–Trinajstić information content (AvgIpc) is 2.92. The molecule has 100 valence electrons. The van der Waals surface area contributed by atoms with Crippen LogP contribution in [0, 0.1) is 0 Å². The Morgan fingerprint density at radius 3 is 2.58 bits per heavy atom. The second-order valence-corrected chi connectivity index (χ2v) is 4.71. The van der Waals surface area contributed by atoms with Crippen molar-refractivity contribution in [1.29, 1.82) is 0 Å². The fraction of sp³-hybridized carbons (Fsp3) is 0.333. The summed E-state index contributed by atoms with van der Waals surface area (Å²) in [5.41, 5.74) is 7.10. The summed E-state index contributed by atoms with van der Waals surface area (Å²) in [7, 11) is 0. The van der Waals surface area contributed by atoms with Crippen LogP contribution in [0.1, 0.15) is 5.56 Å². The van der Waals surface area contributed by atoms with Gasteiger partial charge in [-0.1, -0.05) is 36.4 Å². The Morgan fingerprint density at radius 1 is 1.16 bits per heavy atom. The van der Waals surface area contributed by atoms with Crippen molar-refractivity contribution in [2.24, 2.45) is 5.73 Å². The fourth-order valence-corrected chi connectivity index (χ4v) is 2.44. The van der Waals surface area contributed by atoms with Crippen molar-refractivity contribution in [3.8, 4) is 0 Å². The van der Waals surface area contributed by atoms with Crippen molar-refractivity contribution < 1.29 is 9.47 Å². The Labute approximate surface area is 113 Å². The van der Waals surface area contributed by atoms with Crippen LogP contribution in [0.15, 0.2) is 54.8 Å². The van der Waals surface area contributed by atoms with Gasteiger partial charge in [-0.2, -0.15) is 0 Å². The van der Waals surface area contributed by atoms with Crippen molar-refractivity contribution in [3.05, 3.63) is 60.3 Å². The zero-order valence-corrected chi connectivity index (χ0v) is 10.7. The third-order valence-corrected chi connectivity index (χ3v) is 3.44. The van der Waals surface area contributed by atoms with Crippen molar-refractivity contribution >= 4 is 0 Å². The third-order valence-electron chi connectivity index (χ3n) is 3.44. The van der Waals surface area contributed by atoms with Crippen LogP contribution in [0.4, 0.5) is 0 Å². The largest absolute Gasteiger partial charge is 0.353 e. The lowest BCUT2D eigenvalue weighted by Gasteiger charge is -2.36. The van der Waals surface area contributed by atoms with Crippen LogP contribution in [-0.2, 0) is 15.3 Å². The summed E-state index contributed by atoms with van der Waals surface area (Å²) in [6.45, 7) is 1.80. The quantitative estimate of drug-likeness (QED) is 0.893. The minimum atomic E-state index is -0.714. The second kappa shape index (κ2) is 5.17. The molecule has 1 unspecified atom stereocenters. The Kier molecular flexibility index (Phi) is 3.38. The van der Waals surface area contributed by atoms with E-state index in [1.165, 1.54) is 0 Å². The van der Waals surface area contributed by atoms with E-state index in [0.717, 1.165) is 5.56 Å². The minimum Gasteiger partial charge on any atom is -0.353 e. The van der Waals surface area contributed by atoms with Gasteiger partial charge in [0, 0.05) is 11.8 Å². The van der Waals surface area contributed by atoms with E-state index in [4.69, 9.17) is 15.2 Å². The molecule has 0 aliphatic carbocycles. The highest BCUT2D eigenvalue weighted by molar-refractivity contribution is 5.22. The molecule has 3 rings (SSSR count).